The molecule has 10 heteroatoms. The molecule has 0 aliphatic carbocycles. The lowest BCUT2D eigenvalue weighted by Crippen LogP contribution is -2.27. The van der Waals surface area contributed by atoms with Crippen molar-refractivity contribution >= 4 is 17.7 Å². The summed E-state index contributed by atoms with van der Waals surface area (Å²) in [4.78, 5) is 35.0. The van der Waals surface area contributed by atoms with Gasteiger partial charge in [0.05, 0.1) is 41.8 Å². The van der Waals surface area contributed by atoms with Crippen molar-refractivity contribution in [3.8, 4) is 17.1 Å². The Morgan fingerprint density at radius 1 is 1.03 bits per heavy atom. The number of amides is 1. The van der Waals surface area contributed by atoms with E-state index >= 15 is 0 Å². The maximum atomic E-state index is 12.2. The number of esters is 1. The van der Waals surface area contributed by atoms with Gasteiger partial charge in [-0.15, -0.1) is 0 Å². The van der Waals surface area contributed by atoms with Crippen LogP contribution in [0.25, 0.3) is 17.1 Å². The van der Waals surface area contributed by atoms with Gasteiger partial charge in [0, 0.05) is 12.3 Å². The van der Waals surface area contributed by atoms with Gasteiger partial charge in [0.15, 0.2) is 5.69 Å². The lowest BCUT2D eigenvalue weighted by molar-refractivity contribution is 0.0518. The summed E-state index contributed by atoms with van der Waals surface area (Å²) in [5.41, 5.74) is 1.84. The quantitative estimate of drug-likeness (QED) is 0.412. The molecule has 3 heterocycles. The summed E-state index contributed by atoms with van der Waals surface area (Å²) >= 11 is 0. The molecule has 3 rings (SSSR count). The van der Waals surface area contributed by atoms with Crippen LogP contribution < -0.4 is 5.32 Å². The van der Waals surface area contributed by atoms with Crippen molar-refractivity contribution in [1.29, 1.82) is 0 Å². The topological polar surface area (TPSA) is 111 Å². The number of anilines is 1. The molecular weight excluding hydrogens is 472 g/mol. The van der Waals surface area contributed by atoms with E-state index in [0.29, 0.717) is 22.8 Å². The lowest BCUT2D eigenvalue weighted by atomic mass is 10.2. The number of nitrogens with one attached hydrogen (secondary N) is 1. The van der Waals surface area contributed by atoms with Crippen molar-refractivity contribution in [3.63, 3.8) is 0 Å². The van der Waals surface area contributed by atoms with Crippen LogP contribution in [0.2, 0.25) is 0 Å². The molecular formula is C27H38N6O4. The summed E-state index contributed by atoms with van der Waals surface area (Å²) in [6, 6.07) is 8.60. The van der Waals surface area contributed by atoms with Gasteiger partial charge in [-0.3, -0.25) is 15.3 Å². The number of aromatic nitrogens is 4. The maximum absolute atomic E-state index is 12.2. The molecule has 3 aromatic rings. The molecule has 0 bridgehead atoms. The van der Waals surface area contributed by atoms with Gasteiger partial charge in [0.25, 0.3) is 0 Å². The average molecular weight is 511 g/mol. The summed E-state index contributed by atoms with van der Waals surface area (Å²) in [6.45, 7) is 17.5. The molecule has 0 radical (unpaired) electrons. The van der Waals surface area contributed by atoms with E-state index in [2.05, 4.69) is 46.1 Å². The highest BCUT2D eigenvalue weighted by molar-refractivity contribution is 5.89. The van der Waals surface area contributed by atoms with Crippen molar-refractivity contribution in [2.75, 3.05) is 31.6 Å². The van der Waals surface area contributed by atoms with Gasteiger partial charge in [-0.2, -0.15) is 5.10 Å². The van der Waals surface area contributed by atoms with Gasteiger partial charge in [0.1, 0.15) is 5.60 Å². The van der Waals surface area contributed by atoms with Crippen LogP contribution >= 0.6 is 0 Å². The molecule has 3 aromatic heterocycles. The number of rotatable bonds is 8. The van der Waals surface area contributed by atoms with Crippen molar-refractivity contribution in [2.24, 2.45) is 0 Å². The zero-order valence-corrected chi connectivity index (χ0v) is 22.8. The monoisotopic (exact) mass is 510 g/mol. The van der Waals surface area contributed by atoms with Gasteiger partial charge in [-0.05, 0) is 71.6 Å². The van der Waals surface area contributed by atoms with E-state index in [4.69, 9.17) is 9.47 Å². The number of hydrogen-bond donors (Lipinski definition) is 1. The minimum absolute atomic E-state index is 0.161. The fourth-order valence-electron chi connectivity index (χ4n) is 3.26. The summed E-state index contributed by atoms with van der Waals surface area (Å²) in [5, 5.41) is 6.99. The molecule has 1 amide bonds. The number of ether oxygens (including phenoxy) is 2. The summed E-state index contributed by atoms with van der Waals surface area (Å²) < 4.78 is 11.9. The molecule has 0 aliphatic rings. The minimum Gasteiger partial charge on any atom is -0.461 e. The second-order valence-electron chi connectivity index (χ2n) is 8.94. The second-order valence-corrected chi connectivity index (χ2v) is 8.94. The first kappa shape index (κ1) is 29.4. The highest BCUT2D eigenvalue weighted by Gasteiger charge is 2.19. The van der Waals surface area contributed by atoms with E-state index in [0.717, 1.165) is 0 Å². The van der Waals surface area contributed by atoms with Gasteiger partial charge >= 0.3 is 12.1 Å². The molecule has 0 saturated heterocycles. The average Bonchev–Trinajstić information content (AvgIpc) is 3.31. The Balaban J connectivity index is 0.000000604. The van der Waals surface area contributed by atoms with Crippen LogP contribution in [-0.4, -0.2) is 68.6 Å². The molecule has 0 unspecified atom stereocenters. The largest absolute Gasteiger partial charge is 0.461 e. The van der Waals surface area contributed by atoms with Crippen molar-refractivity contribution in [3.05, 3.63) is 54.6 Å². The lowest BCUT2D eigenvalue weighted by Gasteiger charge is -2.19. The van der Waals surface area contributed by atoms with Crippen molar-refractivity contribution in [2.45, 2.75) is 54.1 Å². The summed E-state index contributed by atoms with van der Waals surface area (Å²) in [6.07, 6.45) is 4.21. The smallest absolute Gasteiger partial charge is 0.412 e. The molecule has 0 atom stereocenters. The first-order chi connectivity index (χ1) is 17.6. The Bertz CT molecular complexity index is 1110. The summed E-state index contributed by atoms with van der Waals surface area (Å²) in [5.74, 6) is -0.524. The Labute approximate surface area is 219 Å². The highest BCUT2D eigenvalue weighted by Crippen LogP contribution is 2.24. The molecule has 0 fully saturated rings. The van der Waals surface area contributed by atoms with E-state index in [1.807, 2.05) is 6.07 Å². The number of pyridine rings is 2. The van der Waals surface area contributed by atoms with Crippen LogP contribution in [0.1, 0.15) is 59.0 Å². The fraction of sp³-hybridized carbons (Fsp3) is 0.444. The molecule has 10 nitrogen and oxygen atoms in total. The number of carbonyl (C=O) groups is 2. The summed E-state index contributed by atoms with van der Waals surface area (Å²) in [7, 11) is 0. The first-order valence-electron chi connectivity index (χ1n) is 12.5. The minimum atomic E-state index is -0.600. The molecule has 1 N–H and O–H groups in total. The number of carbonyl (C=O) groups excluding carboxylic acids is 2. The maximum Gasteiger partial charge on any atom is 0.412 e. The molecule has 200 valence electrons. The van der Waals surface area contributed by atoms with Gasteiger partial charge in [0.2, 0.25) is 0 Å². The van der Waals surface area contributed by atoms with E-state index in [1.54, 1.807) is 69.0 Å². The highest BCUT2D eigenvalue weighted by atomic mass is 16.6. The van der Waals surface area contributed by atoms with Crippen LogP contribution in [-0.2, 0) is 9.47 Å². The number of hydrogen-bond acceptors (Lipinski definition) is 8. The standard InChI is InChI=1S/C21H23N5O4.C6H15N/c1-5-29-19(27)17-11-18(26(25-17)15-7-6-10-22-13-15)16-9-8-14(12-23-16)24-20(28)30-21(2,3)4;1-4-7(5-2)6-3/h6-13H,5H2,1-4H3,(H,24,28);4-6H2,1-3H3. The van der Waals surface area contributed by atoms with E-state index in [1.165, 1.54) is 25.8 Å². The third-order valence-electron chi connectivity index (χ3n) is 5.10. The van der Waals surface area contributed by atoms with Crippen LogP contribution in [0.15, 0.2) is 48.9 Å². The first-order valence-corrected chi connectivity index (χ1v) is 12.5. The predicted octanol–water partition coefficient (Wildman–Crippen LogP) is 5.20. The zero-order valence-electron chi connectivity index (χ0n) is 22.8. The fourth-order valence-corrected chi connectivity index (χ4v) is 3.26. The molecule has 37 heavy (non-hydrogen) atoms. The van der Waals surface area contributed by atoms with Crippen LogP contribution in [0.3, 0.4) is 0 Å². The molecule has 0 aromatic carbocycles. The Hall–Kier alpha value is -3.79. The SMILES string of the molecule is CCN(CC)CC.CCOC(=O)c1cc(-c2ccc(NC(=O)OC(C)(C)C)cn2)n(-c2cccnc2)n1. The second kappa shape index (κ2) is 14.1. The number of nitrogens with zero attached hydrogens (tertiary/aromatic N) is 5. The van der Waals surface area contributed by atoms with Crippen molar-refractivity contribution in [1.82, 2.24) is 24.6 Å². The molecule has 0 spiro atoms. The van der Waals surface area contributed by atoms with Crippen molar-refractivity contribution < 1.29 is 19.1 Å². The predicted molar refractivity (Wildman–Crippen MR) is 144 cm³/mol. The third kappa shape index (κ3) is 9.30. The van der Waals surface area contributed by atoms with Gasteiger partial charge < -0.3 is 14.4 Å². The van der Waals surface area contributed by atoms with E-state index < -0.39 is 17.7 Å². The van der Waals surface area contributed by atoms with E-state index in [-0.39, 0.29) is 12.3 Å². The van der Waals surface area contributed by atoms with Crippen LogP contribution in [0.4, 0.5) is 10.5 Å². The normalized spacial score (nSPS) is 10.9. The Morgan fingerprint density at radius 2 is 1.73 bits per heavy atom. The molecule has 0 aliphatic heterocycles. The Morgan fingerprint density at radius 3 is 2.22 bits per heavy atom. The van der Waals surface area contributed by atoms with Crippen LogP contribution in [0.5, 0.6) is 0 Å². The third-order valence-corrected chi connectivity index (χ3v) is 5.10. The van der Waals surface area contributed by atoms with Gasteiger partial charge in [-0.25, -0.2) is 14.3 Å². The zero-order chi connectivity index (χ0) is 27.4. The van der Waals surface area contributed by atoms with E-state index in [9.17, 15) is 9.59 Å². The Kier molecular flexibility index (Phi) is 11.2. The van der Waals surface area contributed by atoms with Crippen LogP contribution in [0, 0.1) is 0 Å². The van der Waals surface area contributed by atoms with Gasteiger partial charge in [-0.1, -0.05) is 20.8 Å². The molecule has 0 saturated carbocycles.